The molecule has 0 N–H and O–H groups in total. The fourth-order valence-corrected chi connectivity index (χ4v) is 8.61. The topological polar surface area (TPSA) is 35.6 Å². The fraction of sp³-hybridized carbons (Fsp3) is 0.0417. The zero-order valence-electron chi connectivity index (χ0n) is 28.4. The molecule has 1 aliphatic carbocycles. The van der Waals surface area contributed by atoms with Crippen molar-refractivity contribution in [3.63, 3.8) is 0 Å². The van der Waals surface area contributed by atoms with E-state index in [0.717, 1.165) is 57.4 Å². The molecule has 7 aromatic carbocycles. The molecule has 0 saturated heterocycles. The summed E-state index contributed by atoms with van der Waals surface area (Å²) in [6, 6.07) is 60.8. The van der Waals surface area contributed by atoms with Crippen molar-refractivity contribution in [1.29, 1.82) is 0 Å². The van der Waals surface area contributed by atoms with Gasteiger partial charge in [0.15, 0.2) is 11.6 Å². The Balaban J connectivity index is 1.38. The van der Waals surface area contributed by atoms with Crippen molar-refractivity contribution in [2.24, 2.45) is 0 Å². The summed E-state index contributed by atoms with van der Waals surface area (Å²) in [5.41, 5.74) is 14.0. The van der Waals surface area contributed by atoms with E-state index in [-0.39, 0.29) is 0 Å². The van der Waals surface area contributed by atoms with Crippen LogP contribution in [0.25, 0.3) is 88.8 Å². The molecule has 0 unspecified atom stereocenters. The summed E-state index contributed by atoms with van der Waals surface area (Å²) in [5, 5.41) is 4.77. The Morgan fingerprint density at radius 3 is 1.96 bits per heavy atom. The number of aryl methyl sites for hydroxylation is 1. The fourth-order valence-electron chi connectivity index (χ4n) is 8.61. The zero-order chi connectivity index (χ0) is 34.2. The first-order valence-corrected chi connectivity index (χ1v) is 18.0. The molecule has 4 nitrogen and oxygen atoms in total. The van der Waals surface area contributed by atoms with Crippen molar-refractivity contribution in [2.45, 2.75) is 12.8 Å². The van der Waals surface area contributed by atoms with Crippen LogP contribution in [0.3, 0.4) is 0 Å². The van der Waals surface area contributed by atoms with Crippen LogP contribution in [0.2, 0.25) is 0 Å². The molecule has 3 aromatic heterocycles. The van der Waals surface area contributed by atoms with Crippen LogP contribution in [0, 0.1) is 0 Å². The van der Waals surface area contributed by atoms with Crippen LogP contribution in [0.5, 0.6) is 0 Å². The van der Waals surface area contributed by atoms with Gasteiger partial charge in [-0.3, -0.25) is 4.57 Å². The summed E-state index contributed by atoms with van der Waals surface area (Å²) in [6.07, 6.45) is 1.86. The molecule has 0 saturated carbocycles. The molecule has 0 radical (unpaired) electrons. The molecule has 1 aliphatic rings. The first-order valence-electron chi connectivity index (χ1n) is 18.0. The lowest BCUT2D eigenvalue weighted by atomic mass is 9.86. The number of nitrogens with zero attached hydrogens (tertiary/aromatic N) is 4. The normalized spacial score (nSPS) is 12.5. The number of hydrogen-bond donors (Lipinski definition) is 0. The number of rotatable bonds is 4. The van der Waals surface area contributed by atoms with E-state index < -0.39 is 0 Å². The first-order chi connectivity index (χ1) is 25.8. The number of para-hydroxylation sites is 1. The van der Waals surface area contributed by atoms with Gasteiger partial charge in [-0.25, -0.2) is 9.97 Å². The maximum atomic E-state index is 5.62. The van der Waals surface area contributed by atoms with E-state index in [1.165, 1.54) is 49.7 Å². The second kappa shape index (κ2) is 11.4. The maximum absolute atomic E-state index is 5.62. The molecule has 0 fully saturated rings. The Hall–Kier alpha value is -6.78. The van der Waals surface area contributed by atoms with Gasteiger partial charge in [0.05, 0.1) is 11.0 Å². The van der Waals surface area contributed by atoms with E-state index in [0.29, 0.717) is 5.82 Å². The van der Waals surface area contributed by atoms with E-state index in [1.54, 1.807) is 0 Å². The summed E-state index contributed by atoms with van der Waals surface area (Å²) in [7, 11) is 0. The quantitative estimate of drug-likeness (QED) is 0.188. The monoisotopic (exact) mass is 664 g/mol. The lowest BCUT2D eigenvalue weighted by Gasteiger charge is -2.20. The third kappa shape index (κ3) is 4.21. The lowest BCUT2D eigenvalue weighted by Crippen LogP contribution is -2.11. The molecule has 0 amide bonds. The standard InChI is InChI=1S/C48H32N4/c1-4-15-31(16-5-1)37-25-14-26-39-42(37)43-36-23-12-10-17-32(36)27-29-40(43)52(39)48-46-45(49-47(50-48)34-19-6-2-7-20-34)44-38-24-13-11-18-33(38)28-30-41(44)51(46)35-21-8-3-9-22-35/h1-26,28,30H,27,29H2. The Kier molecular flexibility index (Phi) is 6.34. The number of fused-ring (bicyclic) bond motifs is 10. The van der Waals surface area contributed by atoms with Gasteiger partial charge < -0.3 is 4.57 Å². The van der Waals surface area contributed by atoms with Crippen LogP contribution in [0.1, 0.15) is 11.3 Å². The first kappa shape index (κ1) is 29.0. The van der Waals surface area contributed by atoms with Crippen LogP contribution >= 0.6 is 0 Å². The molecule has 11 rings (SSSR count). The molecule has 0 bridgehead atoms. The van der Waals surface area contributed by atoms with Gasteiger partial charge in [0.1, 0.15) is 11.0 Å². The Labute approximate surface area is 300 Å². The summed E-state index contributed by atoms with van der Waals surface area (Å²) in [6.45, 7) is 0. The van der Waals surface area contributed by atoms with Gasteiger partial charge in [-0.1, -0.05) is 146 Å². The third-order valence-corrected chi connectivity index (χ3v) is 10.8. The van der Waals surface area contributed by atoms with Gasteiger partial charge in [0.25, 0.3) is 0 Å². The highest BCUT2D eigenvalue weighted by Crippen LogP contribution is 2.47. The Bertz CT molecular complexity index is 2990. The SMILES string of the molecule is c1ccc(-c2nc(-n3c4c(c5c(-c6ccccc6)cccc53)-c3ccccc3CC4)c3c(n2)c2c4ccccc4ccc2n3-c2ccccc2)cc1. The Morgan fingerprint density at radius 1 is 0.462 bits per heavy atom. The van der Waals surface area contributed by atoms with Gasteiger partial charge in [0, 0.05) is 33.3 Å². The van der Waals surface area contributed by atoms with Crippen molar-refractivity contribution in [2.75, 3.05) is 0 Å². The average molecular weight is 665 g/mol. The Morgan fingerprint density at radius 2 is 1.13 bits per heavy atom. The van der Waals surface area contributed by atoms with E-state index in [2.05, 4.69) is 179 Å². The van der Waals surface area contributed by atoms with E-state index in [9.17, 15) is 0 Å². The molecule has 0 spiro atoms. The molecule has 0 atom stereocenters. The summed E-state index contributed by atoms with van der Waals surface area (Å²) >= 11 is 0. The number of aromatic nitrogens is 4. The summed E-state index contributed by atoms with van der Waals surface area (Å²) in [4.78, 5) is 11.1. The zero-order valence-corrected chi connectivity index (χ0v) is 28.4. The van der Waals surface area contributed by atoms with Crippen LogP contribution in [0.4, 0.5) is 0 Å². The van der Waals surface area contributed by atoms with Gasteiger partial charge in [-0.05, 0) is 70.1 Å². The third-order valence-electron chi connectivity index (χ3n) is 10.8. The average Bonchev–Trinajstić information content (AvgIpc) is 3.75. The molecule has 244 valence electrons. The van der Waals surface area contributed by atoms with E-state index in [4.69, 9.17) is 9.97 Å². The molecule has 3 heterocycles. The minimum Gasteiger partial charge on any atom is -0.305 e. The van der Waals surface area contributed by atoms with Gasteiger partial charge >= 0.3 is 0 Å². The van der Waals surface area contributed by atoms with E-state index in [1.807, 2.05) is 0 Å². The van der Waals surface area contributed by atoms with Crippen molar-refractivity contribution in [3.8, 4) is 45.1 Å². The number of hydrogen-bond acceptors (Lipinski definition) is 2. The molecular weight excluding hydrogens is 633 g/mol. The lowest BCUT2D eigenvalue weighted by molar-refractivity contribution is 0.852. The van der Waals surface area contributed by atoms with Crippen LogP contribution in [-0.2, 0) is 12.8 Å². The van der Waals surface area contributed by atoms with Crippen LogP contribution < -0.4 is 0 Å². The summed E-state index contributed by atoms with van der Waals surface area (Å²) in [5.74, 6) is 1.61. The minimum atomic E-state index is 0.717. The molecule has 0 aliphatic heterocycles. The maximum Gasteiger partial charge on any atom is 0.166 e. The molecular formula is C48H32N4. The van der Waals surface area contributed by atoms with E-state index >= 15 is 0 Å². The smallest absolute Gasteiger partial charge is 0.166 e. The largest absolute Gasteiger partial charge is 0.305 e. The second-order valence-electron chi connectivity index (χ2n) is 13.7. The second-order valence-corrected chi connectivity index (χ2v) is 13.7. The highest BCUT2D eigenvalue weighted by atomic mass is 15.2. The van der Waals surface area contributed by atoms with Gasteiger partial charge in [-0.15, -0.1) is 0 Å². The molecule has 52 heavy (non-hydrogen) atoms. The summed E-state index contributed by atoms with van der Waals surface area (Å²) < 4.78 is 4.86. The predicted octanol–water partition coefficient (Wildman–Crippen LogP) is 11.8. The molecule has 10 aromatic rings. The number of benzene rings is 7. The van der Waals surface area contributed by atoms with Crippen molar-refractivity contribution >= 4 is 43.6 Å². The minimum absolute atomic E-state index is 0.717. The predicted molar refractivity (Wildman–Crippen MR) is 214 cm³/mol. The van der Waals surface area contributed by atoms with Gasteiger partial charge in [0.2, 0.25) is 0 Å². The van der Waals surface area contributed by atoms with Gasteiger partial charge in [-0.2, -0.15) is 0 Å². The van der Waals surface area contributed by atoms with Crippen LogP contribution in [-0.4, -0.2) is 19.1 Å². The molecule has 4 heteroatoms. The highest BCUT2D eigenvalue weighted by Gasteiger charge is 2.30. The van der Waals surface area contributed by atoms with Crippen molar-refractivity contribution < 1.29 is 0 Å². The van der Waals surface area contributed by atoms with Crippen molar-refractivity contribution in [3.05, 3.63) is 181 Å². The highest BCUT2D eigenvalue weighted by molar-refractivity contribution is 6.21. The van der Waals surface area contributed by atoms with Crippen LogP contribution in [0.15, 0.2) is 170 Å². The van der Waals surface area contributed by atoms with Crippen molar-refractivity contribution in [1.82, 2.24) is 19.1 Å².